The van der Waals surface area contributed by atoms with E-state index in [1.54, 1.807) is 0 Å². The molecule has 3 nitrogen and oxygen atoms in total. The van der Waals surface area contributed by atoms with E-state index in [4.69, 9.17) is 0 Å². The van der Waals surface area contributed by atoms with Crippen LogP contribution in [0.25, 0.3) is 0 Å². The highest BCUT2D eigenvalue weighted by Crippen LogP contribution is 2.43. The number of nitrogens with one attached hydrogen (secondary N) is 2. The van der Waals surface area contributed by atoms with Gasteiger partial charge in [0.25, 0.3) is 0 Å². The van der Waals surface area contributed by atoms with Crippen molar-refractivity contribution in [3.05, 3.63) is 0 Å². The summed E-state index contributed by atoms with van der Waals surface area (Å²) in [7, 11) is 0. The summed E-state index contributed by atoms with van der Waals surface area (Å²) in [6.45, 7) is 4.85. The first-order chi connectivity index (χ1) is 8.65. The smallest absolute Gasteiger partial charge is 0.221 e. The second-order valence-corrected chi connectivity index (χ2v) is 6.39. The first-order valence-electron chi connectivity index (χ1n) is 7.68. The molecule has 0 radical (unpaired) electrons. The van der Waals surface area contributed by atoms with Crippen LogP contribution in [-0.2, 0) is 4.79 Å². The molecule has 2 aliphatic carbocycles. The third kappa shape index (κ3) is 4.60. The second kappa shape index (κ2) is 6.55. The van der Waals surface area contributed by atoms with Crippen molar-refractivity contribution in [2.75, 3.05) is 6.54 Å². The van der Waals surface area contributed by atoms with Crippen molar-refractivity contribution in [3.63, 3.8) is 0 Å². The monoisotopic (exact) mass is 252 g/mol. The highest BCUT2D eigenvalue weighted by molar-refractivity contribution is 5.76. The first-order valence-corrected chi connectivity index (χ1v) is 7.68. The van der Waals surface area contributed by atoms with Gasteiger partial charge in [-0.3, -0.25) is 4.79 Å². The number of carbonyl (C=O) groups is 1. The molecule has 2 unspecified atom stereocenters. The van der Waals surface area contributed by atoms with Gasteiger partial charge < -0.3 is 10.6 Å². The Balaban J connectivity index is 1.59. The maximum absolute atomic E-state index is 11.5. The van der Waals surface area contributed by atoms with Crippen molar-refractivity contribution in [2.45, 2.75) is 70.9 Å². The molecule has 2 atom stereocenters. The lowest BCUT2D eigenvalue weighted by atomic mass is 9.83. The summed E-state index contributed by atoms with van der Waals surface area (Å²) >= 11 is 0. The van der Waals surface area contributed by atoms with Crippen LogP contribution in [0.3, 0.4) is 0 Å². The van der Waals surface area contributed by atoms with Gasteiger partial charge in [-0.2, -0.15) is 0 Å². The molecule has 1 amide bonds. The number of rotatable bonds is 6. The van der Waals surface area contributed by atoms with Crippen LogP contribution in [0.15, 0.2) is 0 Å². The summed E-state index contributed by atoms with van der Waals surface area (Å²) < 4.78 is 0. The molecule has 2 rings (SSSR count). The molecule has 104 valence electrons. The van der Waals surface area contributed by atoms with Crippen LogP contribution in [0.1, 0.15) is 58.8 Å². The quantitative estimate of drug-likeness (QED) is 0.762. The van der Waals surface area contributed by atoms with E-state index in [0.29, 0.717) is 12.5 Å². The Hall–Kier alpha value is -0.570. The normalized spacial score (nSPS) is 28.4. The van der Waals surface area contributed by atoms with Gasteiger partial charge in [0.2, 0.25) is 5.91 Å². The summed E-state index contributed by atoms with van der Waals surface area (Å²) in [4.78, 5) is 11.5. The third-order valence-electron chi connectivity index (χ3n) is 4.24. The summed E-state index contributed by atoms with van der Waals surface area (Å²) in [6.07, 6.45) is 9.00. The molecule has 2 aliphatic rings. The largest absolute Gasteiger partial charge is 0.354 e. The molecular weight excluding hydrogens is 224 g/mol. The van der Waals surface area contributed by atoms with Gasteiger partial charge in [-0.05, 0) is 51.4 Å². The maximum atomic E-state index is 11.5. The van der Waals surface area contributed by atoms with E-state index >= 15 is 0 Å². The first kappa shape index (κ1) is 13.9. The highest BCUT2D eigenvalue weighted by atomic mass is 16.1. The van der Waals surface area contributed by atoms with Crippen LogP contribution in [0, 0.1) is 11.8 Å². The third-order valence-corrected chi connectivity index (χ3v) is 4.24. The molecule has 3 heteroatoms. The molecule has 2 fully saturated rings. The van der Waals surface area contributed by atoms with Crippen molar-refractivity contribution >= 4 is 5.91 Å². The van der Waals surface area contributed by atoms with Crippen LogP contribution in [0.4, 0.5) is 0 Å². The zero-order valence-electron chi connectivity index (χ0n) is 11.9. The van der Waals surface area contributed by atoms with Crippen molar-refractivity contribution < 1.29 is 4.79 Å². The van der Waals surface area contributed by atoms with E-state index < -0.39 is 0 Å². The van der Waals surface area contributed by atoms with Gasteiger partial charge in [-0.1, -0.05) is 12.8 Å². The van der Waals surface area contributed by atoms with E-state index in [9.17, 15) is 4.79 Å². The van der Waals surface area contributed by atoms with E-state index in [1.165, 1.54) is 38.5 Å². The van der Waals surface area contributed by atoms with E-state index in [1.807, 2.05) is 13.8 Å². The predicted octanol–water partition coefficient (Wildman–Crippen LogP) is 2.46. The van der Waals surface area contributed by atoms with E-state index in [2.05, 4.69) is 10.6 Å². The van der Waals surface area contributed by atoms with Crippen LogP contribution < -0.4 is 10.6 Å². The summed E-state index contributed by atoms with van der Waals surface area (Å²) in [5, 5.41) is 6.52. The van der Waals surface area contributed by atoms with Crippen LogP contribution in [0.2, 0.25) is 0 Å². The van der Waals surface area contributed by atoms with Gasteiger partial charge in [-0.25, -0.2) is 0 Å². The van der Waals surface area contributed by atoms with Crippen LogP contribution >= 0.6 is 0 Å². The van der Waals surface area contributed by atoms with Crippen molar-refractivity contribution in [1.29, 1.82) is 0 Å². The fourth-order valence-electron chi connectivity index (χ4n) is 3.19. The predicted molar refractivity (Wildman–Crippen MR) is 74.4 cm³/mol. The fourth-order valence-corrected chi connectivity index (χ4v) is 3.19. The molecule has 0 aromatic rings. The highest BCUT2D eigenvalue weighted by Gasteiger charge is 2.34. The second-order valence-electron chi connectivity index (χ2n) is 6.39. The molecule has 0 aliphatic heterocycles. The molecular formula is C15H28N2O. The maximum Gasteiger partial charge on any atom is 0.221 e. The Labute approximate surface area is 111 Å². The fraction of sp³-hybridized carbons (Fsp3) is 0.933. The molecule has 0 heterocycles. The van der Waals surface area contributed by atoms with Gasteiger partial charge in [0.1, 0.15) is 0 Å². The molecule has 18 heavy (non-hydrogen) atoms. The lowest BCUT2D eigenvalue weighted by Crippen LogP contribution is -2.38. The SMILES string of the molecule is CC(C)NC(=O)CCNC1CCCC(C2CC2)C1. The number of hydrogen-bond donors (Lipinski definition) is 2. The number of carbonyl (C=O) groups excluding carboxylic acids is 1. The standard InChI is InChI=1S/C15H28N2O/c1-11(2)17-15(18)8-9-16-14-5-3-4-13(10-14)12-6-7-12/h11-14,16H,3-10H2,1-2H3,(H,17,18). The average Bonchev–Trinajstić information content (AvgIpc) is 3.12. The Morgan fingerprint density at radius 3 is 2.61 bits per heavy atom. The zero-order chi connectivity index (χ0) is 13.0. The zero-order valence-corrected chi connectivity index (χ0v) is 11.9. The van der Waals surface area contributed by atoms with Crippen molar-refractivity contribution in [1.82, 2.24) is 10.6 Å². The van der Waals surface area contributed by atoms with Gasteiger partial charge >= 0.3 is 0 Å². The molecule has 0 spiro atoms. The molecule has 2 saturated carbocycles. The van der Waals surface area contributed by atoms with Gasteiger partial charge in [0, 0.05) is 25.0 Å². The van der Waals surface area contributed by atoms with E-state index in [0.717, 1.165) is 18.4 Å². The van der Waals surface area contributed by atoms with Gasteiger partial charge in [0.05, 0.1) is 0 Å². The molecule has 0 aromatic carbocycles. The topological polar surface area (TPSA) is 41.1 Å². The van der Waals surface area contributed by atoms with Crippen molar-refractivity contribution in [3.8, 4) is 0 Å². The Morgan fingerprint density at radius 2 is 1.94 bits per heavy atom. The average molecular weight is 252 g/mol. The number of hydrogen-bond acceptors (Lipinski definition) is 2. The lowest BCUT2D eigenvalue weighted by Gasteiger charge is -2.30. The number of amides is 1. The summed E-state index contributed by atoms with van der Waals surface area (Å²) in [5.41, 5.74) is 0. The molecule has 0 bridgehead atoms. The molecule has 2 N–H and O–H groups in total. The Kier molecular flexibility index (Phi) is 5.04. The van der Waals surface area contributed by atoms with Crippen LogP contribution in [-0.4, -0.2) is 24.5 Å². The summed E-state index contributed by atoms with van der Waals surface area (Å²) in [5.74, 6) is 2.19. The van der Waals surface area contributed by atoms with Crippen LogP contribution in [0.5, 0.6) is 0 Å². The molecule has 0 saturated heterocycles. The van der Waals surface area contributed by atoms with E-state index in [-0.39, 0.29) is 11.9 Å². The molecule has 0 aromatic heterocycles. The minimum absolute atomic E-state index is 0.173. The Morgan fingerprint density at radius 1 is 1.17 bits per heavy atom. The van der Waals surface area contributed by atoms with Gasteiger partial charge in [-0.15, -0.1) is 0 Å². The Bertz CT molecular complexity index is 274. The minimum atomic E-state index is 0.173. The minimum Gasteiger partial charge on any atom is -0.354 e. The van der Waals surface area contributed by atoms with Crippen molar-refractivity contribution in [2.24, 2.45) is 11.8 Å². The summed E-state index contributed by atoms with van der Waals surface area (Å²) in [6, 6.07) is 0.919. The van der Waals surface area contributed by atoms with Gasteiger partial charge in [0.15, 0.2) is 0 Å². The lowest BCUT2D eigenvalue weighted by molar-refractivity contribution is -0.121.